The monoisotopic (exact) mass is 298 g/mol. The maximum atomic E-state index is 10.6. The fourth-order valence-electron chi connectivity index (χ4n) is 2.27. The Bertz CT molecular complexity index is 489. The Kier molecular flexibility index (Phi) is 4.96. The van der Waals surface area contributed by atoms with Gasteiger partial charge in [-0.05, 0) is 36.3 Å². The lowest BCUT2D eigenvalue weighted by Crippen LogP contribution is -2.24. The van der Waals surface area contributed by atoms with E-state index in [1.165, 1.54) is 25.0 Å². The van der Waals surface area contributed by atoms with Crippen LogP contribution in [0.2, 0.25) is 5.02 Å². The SMILES string of the molecule is COCCC1(CNCc2ccc([N+](=O)[O-])cc2Cl)CC1. The van der Waals surface area contributed by atoms with Crippen LogP contribution in [0.1, 0.15) is 24.8 Å². The molecule has 0 aromatic heterocycles. The van der Waals surface area contributed by atoms with Crippen molar-refractivity contribution in [3.05, 3.63) is 38.9 Å². The summed E-state index contributed by atoms with van der Waals surface area (Å²) in [7, 11) is 1.72. The van der Waals surface area contributed by atoms with Gasteiger partial charge < -0.3 is 10.1 Å². The molecule has 1 fully saturated rings. The summed E-state index contributed by atoms with van der Waals surface area (Å²) in [5.41, 5.74) is 1.29. The second kappa shape index (κ2) is 6.52. The van der Waals surface area contributed by atoms with E-state index in [1.807, 2.05) is 0 Å². The molecule has 1 aliphatic rings. The van der Waals surface area contributed by atoms with Crippen molar-refractivity contribution in [1.29, 1.82) is 0 Å². The van der Waals surface area contributed by atoms with Gasteiger partial charge in [-0.1, -0.05) is 11.6 Å². The molecule has 20 heavy (non-hydrogen) atoms. The molecule has 1 aromatic rings. The van der Waals surface area contributed by atoms with Crippen molar-refractivity contribution in [2.24, 2.45) is 5.41 Å². The molecule has 0 atom stereocenters. The summed E-state index contributed by atoms with van der Waals surface area (Å²) in [4.78, 5) is 10.2. The number of ether oxygens (including phenoxy) is 1. The number of nitrogens with zero attached hydrogens (tertiary/aromatic N) is 1. The largest absolute Gasteiger partial charge is 0.385 e. The molecule has 5 nitrogen and oxygen atoms in total. The van der Waals surface area contributed by atoms with Crippen molar-refractivity contribution in [3.63, 3.8) is 0 Å². The van der Waals surface area contributed by atoms with Crippen LogP contribution in [0.4, 0.5) is 5.69 Å². The molecule has 0 heterocycles. The van der Waals surface area contributed by atoms with Gasteiger partial charge in [-0.2, -0.15) is 0 Å². The van der Waals surface area contributed by atoms with Gasteiger partial charge in [-0.3, -0.25) is 10.1 Å². The molecule has 110 valence electrons. The average Bonchev–Trinajstić information content (AvgIpc) is 3.18. The third-order valence-electron chi connectivity index (χ3n) is 3.86. The van der Waals surface area contributed by atoms with Gasteiger partial charge in [-0.15, -0.1) is 0 Å². The van der Waals surface area contributed by atoms with Crippen LogP contribution in [0.25, 0.3) is 0 Å². The highest BCUT2D eigenvalue weighted by atomic mass is 35.5. The number of non-ortho nitro benzene ring substituents is 1. The molecule has 1 aromatic carbocycles. The lowest BCUT2D eigenvalue weighted by atomic mass is 10.0. The molecular weight excluding hydrogens is 280 g/mol. The Morgan fingerprint density at radius 3 is 2.80 bits per heavy atom. The van der Waals surface area contributed by atoms with Crippen LogP contribution in [0.5, 0.6) is 0 Å². The fraction of sp³-hybridized carbons (Fsp3) is 0.571. The molecule has 0 amide bonds. The summed E-state index contributed by atoms with van der Waals surface area (Å²) in [6, 6.07) is 4.60. The van der Waals surface area contributed by atoms with Gasteiger partial charge in [0.2, 0.25) is 0 Å². The molecular formula is C14H19ClN2O3. The first-order valence-corrected chi connectivity index (χ1v) is 7.07. The van der Waals surface area contributed by atoms with Crippen molar-refractivity contribution in [2.75, 3.05) is 20.3 Å². The average molecular weight is 299 g/mol. The van der Waals surface area contributed by atoms with Crippen LogP contribution in [-0.4, -0.2) is 25.2 Å². The third-order valence-corrected chi connectivity index (χ3v) is 4.21. The molecule has 0 saturated heterocycles. The Morgan fingerprint density at radius 2 is 2.25 bits per heavy atom. The summed E-state index contributed by atoms with van der Waals surface area (Å²) in [5, 5.41) is 14.5. The third kappa shape index (κ3) is 3.91. The number of nitro benzene ring substituents is 1. The highest BCUT2D eigenvalue weighted by Gasteiger charge is 2.41. The first-order chi connectivity index (χ1) is 9.56. The predicted molar refractivity (Wildman–Crippen MR) is 78.0 cm³/mol. The van der Waals surface area contributed by atoms with Crippen LogP contribution in [0, 0.1) is 15.5 Å². The lowest BCUT2D eigenvalue weighted by Gasteiger charge is -2.15. The van der Waals surface area contributed by atoms with Crippen molar-refractivity contribution < 1.29 is 9.66 Å². The van der Waals surface area contributed by atoms with Crippen molar-refractivity contribution in [3.8, 4) is 0 Å². The molecule has 1 aliphatic carbocycles. The minimum Gasteiger partial charge on any atom is -0.385 e. The normalized spacial score (nSPS) is 16.1. The maximum Gasteiger partial charge on any atom is 0.270 e. The number of halogens is 1. The minimum absolute atomic E-state index is 0.0255. The number of hydrogen-bond acceptors (Lipinski definition) is 4. The van der Waals surface area contributed by atoms with E-state index in [2.05, 4.69) is 5.32 Å². The topological polar surface area (TPSA) is 64.4 Å². The molecule has 0 aliphatic heterocycles. The molecule has 1 N–H and O–H groups in total. The standard InChI is InChI=1S/C14H19ClN2O3/c1-20-7-6-14(4-5-14)10-16-9-11-2-3-12(17(18)19)8-13(11)15/h2-3,8,16H,4-7,9-10H2,1H3. The molecule has 0 unspecified atom stereocenters. The van der Waals surface area contributed by atoms with E-state index in [1.54, 1.807) is 13.2 Å². The van der Waals surface area contributed by atoms with Crippen LogP contribution >= 0.6 is 11.6 Å². The van der Waals surface area contributed by atoms with E-state index in [-0.39, 0.29) is 5.69 Å². The summed E-state index contributed by atoms with van der Waals surface area (Å²) < 4.78 is 5.12. The van der Waals surface area contributed by atoms with Gasteiger partial charge in [-0.25, -0.2) is 0 Å². The lowest BCUT2D eigenvalue weighted by molar-refractivity contribution is -0.384. The number of methoxy groups -OCH3 is 1. The minimum atomic E-state index is -0.437. The Morgan fingerprint density at radius 1 is 1.50 bits per heavy atom. The smallest absolute Gasteiger partial charge is 0.270 e. The van der Waals surface area contributed by atoms with E-state index in [9.17, 15) is 10.1 Å². The number of rotatable bonds is 8. The molecule has 2 rings (SSSR count). The molecule has 6 heteroatoms. The quantitative estimate of drug-likeness (QED) is 0.591. The highest BCUT2D eigenvalue weighted by molar-refractivity contribution is 6.31. The number of nitrogens with one attached hydrogen (secondary N) is 1. The van der Waals surface area contributed by atoms with E-state index < -0.39 is 4.92 Å². The zero-order valence-electron chi connectivity index (χ0n) is 11.5. The van der Waals surface area contributed by atoms with Gasteiger partial charge in [0.25, 0.3) is 5.69 Å². The zero-order chi connectivity index (χ0) is 14.6. The highest BCUT2D eigenvalue weighted by Crippen LogP contribution is 2.48. The summed E-state index contributed by atoms with van der Waals surface area (Å²) in [6.45, 7) is 2.36. The van der Waals surface area contributed by atoms with Gasteiger partial charge in [0.05, 0.1) is 9.95 Å². The van der Waals surface area contributed by atoms with E-state index >= 15 is 0 Å². The Labute approximate surface area is 123 Å². The van der Waals surface area contributed by atoms with Gasteiger partial charge in [0, 0.05) is 38.9 Å². The van der Waals surface area contributed by atoms with Gasteiger partial charge in [0.1, 0.15) is 0 Å². The Balaban J connectivity index is 1.84. The fourth-order valence-corrected chi connectivity index (χ4v) is 2.51. The van der Waals surface area contributed by atoms with Gasteiger partial charge >= 0.3 is 0 Å². The first kappa shape index (κ1) is 15.2. The number of nitro groups is 1. The van der Waals surface area contributed by atoms with Crippen LogP contribution in [0.3, 0.4) is 0 Å². The van der Waals surface area contributed by atoms with Crippen molar-refractivity contribution >= 4 is 17.3 Å². The molecule has 0 spiro atoms. The number of benzene rings is 1. The number of hydrogen-bond donors (Lipinski definition) is 1. The molecule has 0 bridgehead atoms. The summed E-state index contributed by atoms with van der Waals surface area (Å²) in [5.74, 6) is 0. The van der Waals surface area contributed by atoms with Crippen LogP contribution in [-0.2, 0) is 11.3 Å². The van der Waals surface area contributed by atoms with E-state index in [0.717, 1.165) is 25.1 Å². The summed E-state index contributed by atoms with van der Waals surface area (Å²) >= 11 is 6.06. The van der Waals surface area contributed by atoms with Crippen LogP contribution < -0.4 is 5.32 Å². The first-order valence-electron chi connectivity index (χ1n) is 6.69. The van der Waals surface area contributed by atoms with Gasteiger partial charge in [0.15, 0.2) is 0 Å². The predicted octanol–water partition coefficient (Wildman–Crippen LogP) is 3.15. The van der Waals surface area contributed by atoms with E-state index in [4.69, 9.17) is 16.3 Å². The van der Waals surface area contributed by atoms with Crippen molar-refractivity contribution in [1.82, 2.24) is 5.32 Å². The molecule has 0 radical (unpaired) electrons. The maximum absolute atomic E-state index is 10.6. The second-order valence-electron chi connectivity index (χ2n) is 5.38. The van der Waals surface area contributed by atoms with E-state index in [0.29, 0.717) is 17.0 Å². The summed E-state index contributed by atoms with van der Waals surface area (Å²) in [6.07, 6.45) is 3.54. The Hall–Kier alpha value is -1.17. The van der Waals surface area contributed by atoms with Crippen LogP contribution in [0.15, 0.2) is 18.2 Å². The second-order valence-corrected chi connectivity index (χ2v) is 5.79. The molecule has 1 saturated carbocycles. The van der Waals surface area contributed by atoms with Crippen molar-refractivity contribution in [2.45, 2.75) is 25.8 Å². The zero-order valence-corrected chi connectivity index (χ0v) is 12.3.